The van der Waals surface area contributed by atoms with Crippen LogP contribution >= 0.6 is 11.8 Å². The molecule has 10 heteroatoms. The molecule has 3 rings (SSSR count). The van der Waals surface area contributed by atoms with Crippen molar-refractivity contribution in [2.75, 3.05) is 5.75 Å². The van der Waals surface area contributed by atoms with Crippen LogP contribution in [0.15, 0.2) is 72.5 Å². The number of rotatable bonds is 7. The van der Waals surface area contributed by atoms with Crippen LogP contribution in [0.5, 0.6) is 5.75 Å². The lowest BCUT2D eigenvalue weighted by Crippen LogP contribution is -2.17. The first kappa shape index (κ1) is 20.5. The van der Waals surface area contributed by atoms with E-state index < -0.39 is 11.3 Å². The number of nitrogens with zero attached hydrogens (tertiary/aromatic N) is 3. The zero-order valence-electron chi connectivity index (χ0n) is 14.8. The SMILES string of the molecule is C=CCSc1ncc(-c2cccc([N+](=O)[O-])c2)n1-c1ccc(OC(F)(F)F)cc1. The number of hydrogen-bond acceptors (Lipinski definition) is 5. The second kappa shape index (κ2) is 8.39. The quantitative estimate of drug-likeness (QED) is 0.214. The van der Waals surface area contributed by atoms with Gasteiger partial charge in [-0.25, -0.2) is 4.98 Å². The Morgan fingerprint density at radius 2 is 1.97 bits per heavy atom. The second-order valence-electron chi connectivity index (χ2n) is 5.71. The minimum absolute atomic E-state index is 0.0792. The van der Waals surface area contributed by atoms with E-state index >= 15 is 0 Å². The van der Waals surface area contributed by atoms with E-state index in [4.69, 9.17) is 0 Å². The molecule has 0 amide bonds. The van der Waals surface area contributed by atoms with Gasteiger partial charge in [-0.05, 0) is 24.3 Å². The Morgan fingerprint density at radius 1 is 1.24 bits per heavy atom. The summed E-state index contributed by atoms with van der Waals surface area (Å²) in [4.78, 5) is 15.0. The van der Waals surface area contributed by atoms with Gasteiger partial charge in [0, 0.05) is 29.1 Å². The lowest BCUT2D eigenvalue weighted by molar-refractivity contribution is -0.384. The smallest absolute Gasteiger partial charge is 0.406 e. The van der Waals surface area contributed by atoms with Crippen LogP contribution in [0.1, 0.15) is 0 Å². The summed E-state index contributed by atoms with van der Waals surface area (Å²) in [6.45, 7) is 3.66. The zero-order chi connectivity index (χ0) is 21.0. The van der Waals surface area contributed by atoms with Gasteiger partial charge in [0.2, 0.25) is 0 Å². The van der Waals surface area contributed by atoms with Crippen LogP contribution in [0.3, 0.4) is 0 Å². The fourth-order valence-electron chi connectivity index (χ4n) is 2.60. The van der Waals surface area contributed by atoms with Crippen LogP contribution in [-0.2, 0) is 0 Å². The molecule has 0 aliphatic carbocycles. The molecule has 0 aliphatic heterocycles. The number of thioether (sulfide) groups is 1. The minimum Gasteiger partial charge on any atom is -0.406 e. The van der Waals surface area contributed by atoms with E-state index in [-0.39, 0.29) is 11.4 Å². The standard InChI is InChI=1S/C19H14F3N3O3S/c1-2-10-29-18-23-12-17(13-4-3-5-15(11-13)25(26)27)24(18)14-6-8-16(9-7-14)28-19(20,21)22/h2-9,11-12H,1,10H2. The monoisotopic (exact) mass is 421 g/mol. The first-order valence-corrected chi connectivity index (χ1v) is 9.19. The number of benzene rings is 2. The third-order valence-electron chi connectivity index (χ3n) is 3.74. The molecule has 3 aromatic rings. The predicted octanol–water partition coefficient (Wildman–Crippen LogP) is 5.62. The molecule has 6 nitrogen and oxygen atoms in total. The van der Waals surface area contributed by atoms with Gasteiger partial charge >= 0.3 is 6.36 Å². The molecule has 2 aromatic carbocycles. The van der Waals surface area contributed by atoms with Gasteiger partial charge in [-0.1, -0.05) is 30.0 Å². The number of imidazole rings is 1. The van der Waals surface area contributed by atoms with Crippen LogP contribution < -0.4 is 4.74 Å². The predicted molar refractivity (Wildman–Crippen MR) is 103 cm³/mol. The van der Waals surface area contributed by atoms with Gasteiger partial charge in [0.05, 0.1) is 16.8 Å². The van der Waals surface area contributed by atoms with Gasteiger partial charge in [-0.3, -0.25) is 14.7 Å². The Bertz CT molecular complexity index is 1030. The van der Waals surface area contributed by atoms with Gasteiger partial charge in [-0.15, -0.1) is 19.8 Å². The molecular weight excluding hydrogens is 407 g/mol. The number of nitro groups is 1. The highest BCUT2D eigenvalue weighted by Gasteiger charge is 2.31. The van der Waals surface area contributed by atoms with Crippen molar-refractivity contribution in [3.05, 3.63) is 77.5 Å². The molecule has 0 unspecified atom stereocenters. The van der Waals surface area contributed by atoms with E-state index in [1.807, 2.05) is 0 Å². The highest BCUT2D eigenvalue weighted by molar-refractivity contribution is 7.99. The van der Waals surface area contributed by atoms with E-state index in [0.717, 1.165) is 0 Å². The average Bonchev–Trinajstić information content (AvgIpc) is 3.09. The summed E-state index contributed by atoms with van der Waals surface area (Å²) >= 11 is 1.37. The van der Waals surface area contributed by atoms with Crippen LogP contribution in [0.25, 0.3) is 16.9 Å². The molecule has 0 spiro atoms. The first-order valence-electron chi connectivity index (χ1n) is 8.21. The number of non-ortho nitro benzene ring substituents is 1. The Kier molecular flexibility index (Phi) is 5.92. The van der Waals surface area contributed by atoms with Crippen molar-refractivity contribution < 1.29 is 22.8 Å². The molecule has 29 heavy (non-hydrogen) atoms. The number of halogens is 3. The van der Waals surface area contributed by atoms with Crippen molar-refractivity contribution in [3.8, 4) is 22.7 Å². The highest BCUT2D eigenvalue weighted by Crippen LogP contribution is 2.32. The van der Waals surface area contributed by atoms with Crippen molar-refractivity contribution in [2.45, 2.75) is 11.5 Å². The van der Waals surface area contributed by atoms with Crippen molar-refractivity contribution >= 4 is 17.4 Å². The topological polar surface area (TPSA) is 70.2 Å². The maximum Gasteiger partial charge on any atom is 0.573 e. The maximum atomic E-state index is 12.4. The van der Waals surface area contributed by atoms with E-state index in [0.29, 0.717) is 27.9 Å². The number of hydrogen-bond donors (Lipinski definition) is 0. The summed E-state index contributed by atoms with van der Waals surface area (Å²) in [5.41, 5.74) is 1.56. The van der Waals surface area contributed by atoms with Gasteiger partial charge in [-0.2, -0.15) is 0 Å². The van der Waals surface area contributed by atoms with Gasteiger partial charge < -0.3 is 4.74 Å². The minimum atomic E-state index is -4.78. The normalized spacial score (nSPS) is 11.3. The number of nitro benzene ring substituents is 1. The Morgan fingerprint density at radius 3 is 2.59 bits per heavy atom. The molecule has 1 heterocycles. The largest absolute Gasteiger partial charge is 0.573 e. The fourth-order valence-corrected chi connectivity index (χ4v) is 3.33. The van der Waals surface area contributed by atoms with E-state index in [1.54, 1.807) is 29.0 Å². The molecule has 0 radical (unpaired) electrons. The Balaban J connectivity index is 2.06. The number of alkyl halides is 3. The summed E-state index contributed by atoms with van der Waals surface area (Å²) in [7, 11) is 0. The van der Waals surface area contributed by atoms with E-state index in [9.17, 15) is 23.3 Å². The summed E-state index contributed by atoms with van der Waals surface area (Å²) in [5.74, 6) is 0.208. The van der Waals surface area contributed by atoms with Crippen LogP contribution in [0.4, 0.5) is 18.9 Å². The number of ether oxygens (including phenoxy) is 1. The fraction of sp³-hybridized carbons (Fsp3) is 0.105. The van der Waals surface area contributed by atoms with Crippen molar-refractivity contribution in [1.82, 2.24) is 9.55 Å². The molecule has 0 saturated carbocycles. The highest BCUT2D eigenvalue weighted by atomic mass is 32.2. The van der Waals surface area contributed by atoms with Gasteiger partial charge in [0.25, 0.3) is 5.69 Å². The summed E-state index contributed by atoms with van der Waals surface area (Å²) in [6, 6.07) is 11.4. The van der Waals surface area contributed by atoms with Crippen molar-refractivity contribution in [3.63, 3.8) is 0 Å². The molecule has 0 fully saturated rings. The third kappa shape index (κ3) is 4.96. The Hall–Kier alpha value is -3.27. The molecule has 1 aromatic heterocycles. The summed E-state index contributed by atoms with van der Waals surface area (Å²) < 4.78 is 42.8. The summed E-state index contributed by atoms with van der Waals surface area (Å²) in [6.07, 6.45) is -1.53. The van der Waals surface area contributed by atoms with Crippen molar-refractivity contribution in [2.24, 2.45) is 0 Å². The van der Waals surface area contributed by atoms with Crippen molar-refractivity contribution in [1.29, 1.82) is 0 Å². The lowest BCUT2D eigenvalue weighted by Gasteiger charge is -2.13. The molecule has 0 bridgehead atoms. The van der Waals surface area contributed by atoms with Crippen LogP contribution in [0.2, 0.25) is 0 Å². The zero-order valence-corrected chi connectivity index (χ0v) is 15.6. The molecule has 0 aliphatic rings. The third-order valence-corrected chi connectivity index (χ3v) is 4.69. The van der Waals surface area contributed by atoms with Crippen LogP contribution in [-0.4, -0.2) is 26.6 Å². The van der Waals surface area contributed by atoms with Crippen LogP contribution in [0, 0.1) is 10.1 Å². The molecule has 0 N–H and O–H groups in total. The van der Waals surface area contributed by atoms with Gasteiger partial charge in [0.15, 0.2) is 5.16 Å². The number of aromatic nitrogens is 2. The lowest BCUT2D eigenvalue weighted by atomic mass is 10.1. The average molecular weight is 421 g/mol. The maximum absolute atomic E-state index is 12.4. The molecule has 0 saturated heterocycles. The Labute approximate surface area is 167 Å². The summed E-state index contributed by atoms with van der Waals surface area (Å²) in [5, 5.41) is 11.7. The first-order chi connectivity index (χ1) is 13.8. The molecular formula is C19H14F3N3O3S. The van der Waals surface area contributed by atoms with E-state index in [1.165, 1.54) is 48.2 Å². The van der Waals surface area contributed by atoms with E-state index in [2.05, 4.69) is 16.3 Å². The second-order valence-corrected chi connectivity index (χ2v) is 6.70. The van der Waals surface area contributed by atoms with Gasteiger partial charge in [0.1, 0.15) is 5.75 Å². The molecule has 150 valence electrons. The molecule has 0 atom stereocenters.